The molecule has 8 nitrogen and oxygen atoms in total. The highest BCUT2D eigenvalue weighted by atomic mass is 16.7. The number of fused-ring (bicyclic) bond motifs is 1. The van der Waals surface area contributed by atoms with Crippen molar-refractivity contribution in [3.05, 3.63) is 48.0 Å². The first kappa shape index (κ1) is 15.1. The minimum absolute atomic E-state index is 0.0667. The van der Waals surface area contributed by atoms with Gasteiger partial charge in [-0.2, -0.15) is 5.21 Å². The largest absolute Gasteiger partial charge is 0.454 e. The van der Waals surface area contributed by atoms with Gasteiger partial charge in [0.2, 0.25) is 18.5 Å². The van der Waals surface area contributed by atoms with Gasteiger partial charge in [0.1, 0.15) is 0 Å². The van der Waals surface area contributed by atoms with Gasteiger partial charge >= 0.3 is 0 Å². The van der Waals surface area contributed by atoms with Crippen LogP contribution >= 0.6 is 0 Å². The zero-order valence-corrected chi connectivity index (χ0v) is 13.2. The molecule has 1 aromatic heterocycles. The Morgan fingerprint density at radius 1 is 1.16 bits per heavy atom. The number of hydrogen-bond donors (Lipinski definition) is 2. The molecule has 126 valence electrons. The van der Waals surface area contributed by atoms with E-state index in [9.17, 15) is 4.79 Å². The van der Waals surface area contributed by atoms with Crippen molar-refractivity contribution >= 4 is 11.6 Å². The maximum absolute atomic E-state index is 12.2. The quantitative estimate of drug-likeness (QED) is 0.740. The molecule has 0 fully saturated rings. The fourth-order valence-corrected chi connectivity index (χ4v) is 2.60. The first-order valence-electron chi connectivity index (χ1n) is 7.80. The van der Waals surface area contributed by atoms with Crippen LogP contribution in [0.15, 0.2) is 42.5 Å². The van der Waals surface area contributed by atoms with Crippen molar-refractivity contribution in [1.82, 2.24) is 20.6 Å². The number of benzene rings is 2. The van der Waals surface area contributed by atoms with Crippen molar-refractivity contribution in [2.75, 3.05) is 12.1 Å². The molecule has 0 spiro atoms. The van der Waals surface area contributed by atoms with E-state index in [1.807, 2.05) is 42.5 Å². The van der Waals surface area contributed by atoms with Gasteiger partial charge < -0.3 is 14.8 Å². The third kappa shape index (κ3) is 3.42. The number of rotatable bonds is 5. The lowest BCUT2D eigenvalue weighted by Gasteiger charge is -2.07. The molecule has 2 aromatic carbocycles. The summed E-state index contributed by atoms with van der Waals surface area (Å²) in [5.41, 5.74) is 2.50. The monoisotopic (exact) mass is 337 g/mol. The van der Waals surface area contributed by atoms with E-state index in [2.05, 4.69) is 25.9 Å². The number of aryl methyl sites for hydroxylation is 1. The number of carbonyl (C=O) groups is 1. The average Bonchev–Trinajstić information content (AvgIpc) is 3.31. The van der Waals surface area contributed by atoms with E-state index in [1.165, 1.54) is 0 Å². The normalized spacial score (nSPS) is 12.2. The van der Waals surface area contributed by atoms with Gasteiger partial charge in [0.25, 0.3) is 0 Å². The fourth-order valence-electron chi connectivity index (χ4n) is 2.60. The summed E-state index contributed by atoms with van der Waals surface area (Å²) < 4.78 is 10.6. The molecular formula is C17H15N5O3. The second-order valence-corrected chi connectivity index (χ2v) is 5.55. The lowest BCUT2D eigenvalue weighted by molar-refractivity contribution is -0.116. The van der Waals surface area contributed by atoms with E-state index in [0.717, 1.165) is 22.6 Å². The summed E-state index contributed by atoms with van der Waals surface area (Å²) in [6, 6.07) is 13.0. The molecule has 0 bridgehead atoms. The number of amides is 1. The van der Waals surface area contributed by atoms with Crippen molar-refractivity contribution in [3.63, 3.8) is 0 Å². The van der Waals surface area contributed by atoms with Crippen LogP contribution in [0.3, 0.4) is 0 Å². The predicted octanol–water partition coefficient (Wildman–Crippen LogP) is 2.17. The Bertz CT molecular complexity index is 895. The minimum atomic E-state index is -0.0667. The molecule has 0 unspecified atom stereocenters. The van der Waals surface area contributed by atoms with E-state index < -0.39 is 0 Å². The summed E-state index contributed by atoms with van der Waals surface area (Å²) in [5.74, 6) is 1.89. The lowest BCUT2D eigenvalue weighted by atomic mass is 10.1. The summed E-state index contributed by atoms with van der Waals surface area (Å²) in [5, 5.41) is 16.7. The maximum atomic E-state index is 12.2. The number of nitrogens with one attached hydrogen (secondary N) is 2. The number of tetrazole rings is 1. The van der Waals surface area contributed by atoms with Gasteiger partial charge in [-0.1, -0.05) is 18.2 Å². The molecule has 25 heavy (non-hydrogen) atoms. The Hall–Kier alpha value is -3.42. The highest BCUT2D eigenvalue weighted by Gasteiger charge is 2.13. The molecule has 1 aliphatic rings. The third-order valence-corrected chi connectivity index (χ3v) is 3.83. The SMILES string of the molecule is O=C(CCc1ccc2c(c1)OCO2)Nc1cccc(-c2nn[nH]n2)c1. The van der Waals surface area contributed by atoms with Crippen molar-refractivity contribution in [2.45, 2.75) is 12.8 Å². The van der Waals surface area contributed by atoms with Gasteiger partial charge in [-0.15, -0.1) is 10.2 Å². The first-order chi connectivity index (χ1) is 12.3. The van der Waals surface area contributed by atoms with Crippen molar-refractivity contribution in [1.29, 1.82) is 0 Å². The standard InChI is InChI=1S/C17H15N5O3/c23-16(7-5-11-4-6-14-15(8-11)25-10-24-14)18-13-3-1-2-12(9-13)17-19-21-22-20-17/h1-4,6,8-9H,5,7,10H2,(H,18,23)(H,19,20,21,22). The van der Waals surface area contributed by atoms with Crippen LogP contribution in [0.25, 0.3) is 11.4 Å². The molecule has 0 saturated carbocycles. The average molecular weight is 337 g/mol. The summed E-state index contributed by atoms with van der Waals surface area (Å²) in [7, 11) is 0. The number of ether oxygens (including phenoxy) is 2. The van der Waals surface area contributed by atoms with Gasteiger partial charge in [-0.25, -0.2) is 0 Å². The highest BCUT2D eigenvalue weighted by Crippen LogP contribution is 2.32. The van der Waals surface area contributed by atoms with Gasteiger partial charge in [-0.05, 0) is 41.5 Å². The third-order valence-electron chi connectivity index (χ3n) is 3.83. The van der Waals surface area contributed by atoms with E-state index in [1.54, 1.807) is 0 Å². The molecule has 0 atom stereocenters. The van der Waals surface area contributed by atoms with Gasteiger partial charge in [0.15, 0.2) is 11.5 Å². The van der Waals surface area contributed by atoms with E-state index in [4.69, 9.17) is 9.47 Å². The smallest absolute Gasteiger partial charge is 0.231 e. The van der Waals surface area contributed by atoms with Crippen LogP contribution in [0.2, 0.25) is 0 Å². The predicted molar refractivity (Wildman–Crippen MR) is 89.1 cm³/mol. The Labute approximate surface area is 143 Å². The first-order valence-corrected chi connectivity index (χ1v) is 7.80. The molecule has 8 heteroatoms. The summed E-state index contributed by atoms with van der Waals surface area (Å²) >= 11 is 0. The fraction of sp³-hybridized carbons (Fsp3) is 0.176. The van der Waals surface area contributed by atoms with Crippen LogP contribution in [0.5, 0.6) is 11.5 Å². The molecule has 1 amide bonds. The van der Waals surface area contributed by atoms with Crippen LogP contribution < -0.4 is 14.8 Å². The Balaban J connectivity index is 1.37. The van der Waals surface area contributed by atoms with Gasteiger partial charge in [0, 0.05) is 17.7 Å². The number of nitrogens with zero attached hydrogens (tertiary/aromatic N) is 3. The van der Waals surface area contributed by atoms with E-state index >= 15 is 0 Å². The number of aromatic amines is 1. The maximum Gasteiger partial charge on any atom is 0.231 e. The van der Waals surface area contributed by atoms with Crippen molar-refractivity contribution in [3.8, 4) is 22.9 Å². The molecule has 2 heterocycles. The molecule has 0 radical (unpaired) electrons. The second-order valence-electron chi connectivity index (χ2n) is 5.55. The molecular weight excluding hydrogens is 322 g/mol. The summed E-state index contributed by atoms with van der Waals surface area (Å²) in [4.78, 5) is 12.2. The topological polar surface area (TPSA) is 102 Å². The number of H-pyrrole nitrogens is 1. The van der Waals surface area contributed by atoms with Crippen molar-refractivity contribution < 1.29 is 14.3 Å². The Kier molecular flexibility index (Phi) is 3.99. The van der Waals surface area contributed by atoms with Crippen LogP contribution in [0.1, 0.15) is 12.0 Å². The molecule has 0 saturated heterocycles. The van der Waals surface area contributed by atoms with E-state index in [0.29, 0.717) is 24.4 Å². The molecule has 1 aliphatic heterocycles. The van der Waals surface area contributed by atoms with Gasteiger partial charge in [-0.3, -0.25) is 4.79 Å². The Morgan fingerprint density at radius 3 is 2.96 bits per heavy atom. The number of hydrogen-bond acceptors (Lipinski definition) is 6. The zero-order valence-electron chi connectivity index (χ0n) is 13.2. The molecule has 3 aromatic rings. The van der Waals surface area contributed by atoms with Crippen molar-refractivity contribution in [2.24, 2.45) is 0 Å². The van der Waals surface area contributed by atoms with E-state index in [-0.39, 0.29) is 12.7 Å². The summed E-state index contributed by atoms with van der Waals surface area (Å²) in [6.45, 7) is 0.246. The van der Waals surface area contributed by atoms with Crippen LogP contribution in [0.4, 0.5) is 5.69 Å². The highest BCUT2D eigenvalue weighted by molar-refractivity contribution is 5.91. The Morgan fingerprint density at radius 2 is 2.08 bits per heavy atom. The summed E-state index contributed by atoms with van der Waals surface area (Å²) in [6.07, 6.45) is 0.985. The minimum Gasteiger partial charge on any atom is -0.454 e. The number of carbonyl (C=O) groups excluding carboxylic acids is 1. The number of anilines is 1. The van der Waals surface area contributed by atoms with Crippen LogP contribution in [-0.2, 0) is 11.2 Å². The lowest BCUT2D eigenvalue weighted by Crippen LogP contribution is -2.12. The van der Waals surface area contributed by atoms with Gasteiger partial charge in [0.05, 0.1) is 0 Å². The van der Waals surface area contributed by atoms with Crippen LogP contribution in [0, 0.1) is 0 Å². The molecule has 2 N–H and O–H groups in total. The van der Waals surface area contributed by atoms with Crippen LogP contribution in [-0.4, -0.2) is 33.3 Å². The zero-order chi connectivity index (χ0) is 17.1. The second kappa shape index (κ2) is 6.60. The molecule has 4 rings (SSSR count). The number of aromatic nitrogens is 4. The molecule has 0 aliphatic carbocycles.